The Balaban J connectivity index is 2.21. The molecule has 1 aromatic carbocycles. The first-order chi connectivity index (χ1) is 8.53. The maximum Gasteiger partial charge on any atom is 0.0621 e. The average Bonchev–Trinajstić information content (AvgIpc) is 2.71. The molecule has 0 saturated carbocycles. The van der Waals surface area contributed by atoms with E-state index < -0.39 is 0 Å². The molecule has 1 aromatic heterocycles. The van der Waals surface area contributed by atoms with E-state index in [-0.39, 0.29) is 5.41 Å². The molecule has 2 rings (SSSR count). The Morgan fingerprint density at radius 3 is 2.72 bits per heavy atom. The molecule has 2 aromatic rings. The van der Waals surface area contributed by atoms with Gasteiger partial charge in [-0.15, -0.1) is 0 Å². The summed E-state index contributed by atoms with van der Waals surface area (Å²) in [5.74, 6) is 0. The van der Waals surface area contributed by atoms with Crippen LogP contribution in [0, 0.1) is 5.41 Å². The summed E-state index contributed by atoms with van der Waals surface area (Å²) in [5, 5.41) is 1.28. The Kier molecular flexibility index (Phi) is 3.62. The maximum absolute atomic E-state index is 5.67. The number of rotatable bonds is 5. The quantitative estimate of drug-likeness (QED) is 0.850. The molecule has 0 aliphatic carbocycles. The summed E-state index contributed by atoms with van der Waals surface area (Å²) in [6.45, 7) is 6.29. The third-order valence-corrected chi connectivity index (χ3v) is 3.46. The fourth-order valence-corrected chi connectivity index (χ4v) is 2.57. The highest BCUT2D eigenvalue weighted by Gasteiger charge is 2.20. The normalized spacial score (nSPS) is 12.0. The van der Waals surface area contributed by atoms with Crippen LogP contribution in [-0.2, 0) is 0 Å². The summed E-state index contributed by atoms with van der Waals surface area (Å²) in [7, 11) is 2.15. The summed E-state index contributed by atoms with van der Waals surface area (Å²) in [6.07, 6.45) is 3.13. The van der Waals surface area contributed by atoms with Gasteiger partial charge in [0, 0.05) is 30.7 Å². The van der Waals surface area contributed by atoms with Gasteiger partial charge < -0.3 is 15.6 Å². The molecule has 1 heterocycles. The summed E-state index contributed by atoms with van der Waals surface area (Å²) in [5.41, 5.74) is 8.36. The lowest BCUT2D eigenvalue weighted by Crippen LogP contribution is -2.32. The lowest BCUT2D eigenvalue weighted by molar-refractivity contribution is 0.348. The summed E-state index contributed by atoms with van der Waals surface area (Å²) in [4.78, 5) is 5.63. The SMILES string of the molecule is CN(CC(C)(C)CCN)c1c[nH]c2ccccc12. The van der Waals surface area contributed by atoms with E-state index in [1.165, 1.54) is 16.6 Å². The number of nitrogens with zero attached hydrogens (tertiary/aromatic N) is 1. The van der Waals surface area contributed by atoms with E-state index in [1.54, 1.807) is 0 Å². The van der Waals surface area contributed by atoms with Gasteiger partial charge in [-0.05, 0) is 24.4 Å². The Morgan fingerprint density at radius 2 is 2.00 bits per heavy atom. The zero-order chi connectivity index (χ0) is 13.2. The second-order valence-electron chi connectivity index (χ2n) is 5.78. The summed E-state index contributed by atoms with van der Waals surface area (Å²) < 4.78 is 0. The third kappa shape index (κ3) is 2.67. The number of H-pyrrole nitrogens is 1. The van der Waals surface area contributed by atoms with E-state index in [9.17, 15) is 0 Å². The minimum atomic E-state index is 0.238. The molecule has 0 spiro atoms. The number of para-hydroxylation sites is 1. The van der Waals surface area contributed by atoms with Crippen LogP contribution in [0.15, 0.2) is 30.5 Å². The zero-order valence-corrected chi connectivity index (χ0v) is 11.5. The van der Waals surface area contributed by atoms with Crippen LogP contribution in [0.3, 0.4) is 0 Å². The number of benzene rings is 1. The lowest BCUT2D eigenvalue weighted by atomic mass is 9.88. The fraction of sp³-hybridized carbons (Fsp3) is 0.467. The van der Waals surface area contributed by atoms with Crippen molar-refractivity contribution in [2.24, 2.45) is 11.1 Å². The molecule has 0 saturated heterocycles. The van der Waals surface area contributed by atoms with E-state index in [4.69, 9.17) is 5.73 Å². The van der Waals surface area contributed by atoms with Gasteiger partial charge in [0.15, 0.2) is 0 Å². The lowest BCUT2D eigenvalue weighted by Gasteiger charge is -2.31. The first kappa shape index (κ1) is 13.0. The van der Waals surface area contributed by atoms with Gasteiger partial charge in [-0.2, -0.15) is 0 Å². The number of hydrogen-bond donors (Lipinski definition) is 2. The molecule has 0 unspecified atom stereocenters. The molecule has 0 aliphatic heterocycles. The van der Waals surface area contributed by atoms with Gasteiger partial charge in [0.1, 0.15) is 0 Å². The van der Waals surface area contributed by atoms with Crippen molar-refractivity contribution in [1.29, 1.82) is 0 Å². The Morgan fingerprint density at radius 1 is 1.28 bits per heavy atom. The first-order valence-corrected chi connectivity index (χ1v) is 6.51. The molecular weight excluding hydrogens is 222 g/mol. The van der Waals surface area contributed by atoms with Crippen molar-refractivity contribution in [1.82, 2.24) is 4.98 Å². The van der Waals surface area contributed by atoms with Gasteiger partial charge in [0.05, 0.1) is 5.69 Å². The minimum absolute atomic E-state index is 0.238. The van der Waals surface area contributed by atoms with E-state index >= 15 is 0 Å². The number of nitrogens with two attached hydrogens (primary N) is 1. The van der Waals surface area contributed by atoms with Gasteiger partial charge in [-0.3, -0.25) is 0 Å². The van der Waals surface area contributed by atoms with E-state index in [0.717, 1.165) is 19.5 Å². The molecule has 0 fully saturated rings. The molecule has 0 atom stereocenters. The largest absolute Gasteiger partial charge is 0.372 e. The summed E-state index contributed by atoms with van der Waals surface area (Å²) in [6, 6.07) is 8.41. The van der Waals surface area contributed by atoms with Crippen molar-refractivity contribution in [3.8, 4) is 0 Å². The third-order valence-electron chi connectivity index (χ3n) is 3.46. The standard InChI is InChI=1S/C15H23N3/c1-15(2,8-9-16)11-18(3)14-10-17-13-7-5-4-6-12(13)14/h4-7,10,17H,8-9,11,16H2,1-3H3. The molecule has 98 valence electrons. The molecule has 3 heteroatoms. The molecule has 0 aliphatic rings. The van der Waals surface area contributed by atoms with E-state index in [0.29, 0.717) is 0 Å². The van der Waals surface area contributed by atoms with Gasteiger partial charge in [-0.25, -0.2) is 0 Å². The molecule has 0 amide bonds. The van der Waals surface area contributed by atoms with Crippen LogP contribution in [0.25, 0.3) is 10.9 Å². The first-order valence-electron chi connectivity index (χ1n) is 6.51. The molecule has 3 N–H and O–H groups in total. The average molecular weight is 245 g/mol. The Bertz CT molecular complexity index is 513. The van der Waals surface area contributed by atoms with Crippen LogP contribution in [0.2, 0.25) is 0 Å². The zero-order valence-electron chi connectivity index (χ0n) is 11.5. The van der Waals surface area contributed by atoms with Crippen LogP contribution < -0.4 is 10.6 Å². The molecule has 0 radical (unpaired) electrons. The number of aromatic amines is 1. The number of fused-ring (bicyclic) bond motifs is 1. The van der Waals surface area contributed by atoms with Crippen LogP contribution >= 0.6 is 0 Å². The number of hydrogen-bond acceptors (Lipinski definition) is 2. The minimum Gasteiger partial charge on any atom is -0.372 e. The molecule has 0 bridgehead atoms. The number of nitrogens with one attached hydrogen (secondary N) is 1. The molecule has 3 nitrogen and oxygen atoms in total. The van der Waals surface area contributed by atoms with Crippen molar-refractivity contribution < 1.29 is 0 Å². The fourth-order valence-electron chi connectivity index (χ4n) is 2.57. The molecule has 18 heavy (non-hydrogen) atoms. The van der Waals surface area contributed by atoms with Crippen molar-refractivity contribution in [3.63, 3.8) is 0 Å². The smallest absolute Gasteiger partial charge is 0.0621 e. The van der Waals surface area contributed by atoms with E-state index in [1.807, 2.05) is 0 Å². The maximum atomic E-state index is 5.67. The van der Waals surface area contributed by atoms with Crippen LogP contribution in [0.4, 0.5) is 5.69 Å². The number of aromatic nitrogens is 1. The Hall–Kier alpha value is -1.48. The highest BCUT2D eigenvalue weighted by molar-refractivity contribution is 5.92. The van der Waals surface area contributed by atoms with Gasteiger partial charge in [0.25, 0.3) is 0 Å². The summed E-state index contributed by atoms with van der Waals surface area (Å²) >= 11 is 0. The highest BCUT2D eigenvalue weighted by Crippen LogP contribution is 2.29. The molecular formula is C15H23N3. The van der Waals surface area contributed by atoms with Gasteiger partial charge >= 0.3 is 0 Å². The van der Waals surface area contributed by atoms with Crippen molar-refractivity contribution in [2.75, 3.05) is 25.0 Å². The van der Waals surface area contributed by atoms with Crippen LogP contribution in [-0.4, -0.2) is 25.1 Å². The highest BCUT2D eigenvalue weighted by atomic mass is 15.1. The second-order valence-corrected chi connectivity index (χ2v) is 5.78. The van der Waals surface area contributed by atoms with Crippen LogP contribution in [0.5, 0.6) is 0 Å². The Labute approximate surface area is 109 Å². The second kappa shape index (κ2) is 5.02. The number of anilines is 1. The predicted octanol–water partition coefficient (Wildman–Crippen LogP) is 2.98. The van der Waals surface area contributed by atoms with E-state index in [2.05, 4.69) is 61.2 Å². The monoisotopic (exact) mass is 245 g/mol. The predicted molar refractivity (Wildman–Crippen MR) is 79.0 cm³/mol. The van der Waals surface area contributed by atoms with Crippen molar-refractivity contribution in [2.45, 2.75) is 20.3 Å². The van der Waals surface area contributed by atoms with Gasteiger partial charge in [0.2, 0.25) is 0 Å². The van der Waals surface area contributed by atoms with Gasteiger partial charge in [-0.1, -0.05) is 32.0 Å². The van der Waals surface area contributed by atoms with Crippen molar-refractivity contribution >= 4 is 16.6 Å². The van der Waals surface area contributed by atoms with Crippen molar-refractivity contribution in [3.05, 3.63) is 30.5 Å². The van der Waals surface area contributed by atoms with Crippen LogP contribution in [0.1, 0.15) is 20.3 Å². The topological polar surface area (TPSA) is 45.0 Å².